The fourth-order valence-corrected chi connectivity index (χ4v) is 1.41. The summed E-state index contributed by atoms with van der Waals surface area (Å²) in [5, 5.41) is 3.29. The van der Waals surface area contributed by atoms with Gasteiger partial charge in [-0.1, -0.05) is 17.2 Å². The molecule has 0 saturated heterocycles. The predicted octanol–water partition coefficient (Wildman–Crippen LogP) is 3.06. The summed E-state index contributed by atoms with van der Waals surface area (Å²) in [6.07, 6.45) is 1.97. The number of hydrogen-bond donors (Lipinski definition) is 0. The van der Waals surface area contributed by atoms with Crippen LogP contribution in [-0.4, -0.2) is 13.0 Å². The third kappa shape index (κ3) is 2.89. The summed E-state index contributed by atoms with van der Waals surface area (Å²) >= 11 is 1.59. The number of hydrogen-bond acceptors (Lipinski definition) is 3. The number of ether oxygens (including phenoxy) is 1. The van der Waals surface area contributed by atoms with Crippen LogP contribution in [0.2, 0.25) is 0 Å². The zero-order valence-corrected chi connectivity index (χ0v) is 7.99. The molecule has 5 heteroatoms. The van der Waals surface area contributed by atoms with E-state index < -0.39 is 0 Å². The van der Waals surface area contributed by atoms with Crippen LogP contribution in [0.5, 0.6) is 5.75 Å². The van der Waals surface area contributed by atoms with Gasteiger partial charge in [-0.2, -0.15) is 0 Å². The maximum Gasteiger partial charge on any atom is 0.167 e. The topological polar surface area (TPSA) is 58.0 Å². The molecule has 0 amide bonds. The summed E-state index contributed by atoms with van der Waals surface area (Å²) < 4.78 is 5.23. The maximum absolute atomic E-state index is 8.04. The predicted molar refractivity (Wildman–Crippen MR) is 52.9 cm³/mol. The molecule has 13 heavy (non-hydrogen) atoms. The molecule has 0 atom stereocenters. The average Bonchev–Trinajstić information content (AvgIpc) is 2.19. The van der Waals surface area contributed by atoms with Gasteiger partial charge in [-0.25, -0.2) is 0 Å². The molecule has 4 nitrogen and oxygen atoms in total. The van der Waals surface area contributed by atoms with Gasteiger partial charge < -0.3 is 4.74 Å². The van der Waals surface area contributed by atoms with Crippen molar-refractivity contribution in [2.24, 2.45) is 5.11 Å². The Labute approximate surface area is 80.5 Å². The third-order valence-corrected chi connectivity index (χ3v) is 2.19. The van der Waals surface area contributed by atoms with Crippen LogP contribution >= 0.6 is 11.8 Å². The Balaban J connectivity index is 2.69. The third-order valence-electron chi connectivity index (χ3n) is 1.41. The standard InChI is InChI=1S/C8H9N3OS/c1-13-8-5-3-2-4-7(8)12-6-10-11-9/h2-5H,6H2,1H3. The minimum Gasteiger partial charge on any atom is -0.486 e. The van der Waals surface area contributed by atoms with Gasteiger partial charge in [-0.15, -0.1) is 11.8 Å². The van der Waals surface area contributed by atoms with Crippen LogP contribution in [0, 0.1) is 0 Å². The molecule has 0 aromatic heterocycles. The summed E-state index contributed by atoms with van der Waals surface area (Å²) in [5.74, 6) is 0.752. The first-order valence-corrected chi connectivity index (χ1v) is 4.87. The van der Waals surface area contributed by atoms with Gasteiger partial charge in [0.05, 0.1) is 0 Å². The van der Waals surface area contributed by atoms with Crippen LogP contribution in [0.3, 0.4) is 0 Å². The molecule has 1 rings (SSSR count). The molecule has 0 bridgehead atoms. The van der Waals surface area contributed by atoms with E-state index in [1.54, 1.807) is 11.8 Å². The highest BCUT2D eigenvalue weighted by atomic mass is 32.2. The Kier molecular flexibility index (Phi) is 4.02. The fraction of sp³-hybridized carbons (Fsp3) is 0.250. The van der Waals surface area contributed by atoms with E-state index in [1.165, 1.54) is 0 Å². The maximum atomic E-state index is 8.04. The SMILES string of the molecule is CSc1ccccc1OCN=[N+]=[N-]. The lowest BCUT2D eigenvalue weighted by Gasteiger charge is -2.06. The monoisotopic (exact) mass is 195 g/mol. The van der Waals surface area contributed by atoms with Gasteiger partial charge in [0.15, 0.2) is 6.73 Å². The zero-order valence-electron chi connectivity index (χ0n) is 7.17. The lowest BCUT2D eigenvalue weighted by molar-refractivity contribution is 0.321. The fourth-order valence-electron chi connectivity index (χ4n) is 0.862. The van der Waals surface area contributed by atoms with Crippen LogP contribution < -0.4 is 4.74 Å². The molecule has 1 aromatic rings. The lowest BCUT2D eigenvalue weighted by atomic mass is 10.3. The Morgan fingerprint density at radius 3 is 3.00 bits per heavy atom. The molecule has 0 N–H and O–H groups in total. The van der Waals surface area contributed by atoms with Gasteiger partial charge in [0.25, 0.3) is 0 Å². The summed E-state index contributed by atoms with van der Waals surface area (Å²) in [5.41, 5.74) is 8.04. The second-order valence-electron chi connectivity index (χ2n) is 2.16. The highest BCUT2D eigenvalue weighted by Gasteiger charge is 1.98. The summed E-state index contributed by atoms with van der Waals surface area (Å²) in [6.45, 7) is 0.0358. The molecule has 0 aliphatic rings. The Hall–Kier alpha value is -1.32. The molecule has 0 saturated carbocycles. The van der Waals surface area contributed by atoms with E-state index in [4.69, 9.17) is 10.3 Å². The van der Waals surface area contributed by atoms with Crippen molar-refractivity contribution in [3.05, 3.63) is 34.7 Å². The van der Waals surface area contributed by atoms with E-state index in [-0.39, 0.29) is 6.73 Å². The quantitative estimate of drug-likeness (QED) is 0.321. The van der Waals surface area contributed by atoms with E-state index in [9.17, 15) is 0 Å². The molecule has 0 radical (unpaired) electrons. The van der Waals surface area contributed by atoms with Crippen LogP contribution in [0.15, 0.2) is 34.3 Å². The molecule has 0 spiro atoms. The van der Waals surface area contributed by atoms with Gasteiger partial charge in [-0.3, -0.25) is 0 Å². The molecular formula is C8H9N3OS. The molecule has 0 unspecified atom stereocenters. The molecule has 68 valence electrons. The second-order valence-corrected chi connectivity index (χ2v) is 3.00. The van der Waals surface area contributed by atoms with Crippen LogP contribution in [0.4, 0.5) is 0 Å². The highest BCUT2D eigenvalue weighted by Crippen LogP contribution is 2.26. The molecular weight excluding hydrogens is 186 g/mol. The first-order valence-electron chi connectivity index (χ1n) is 3.65. The number of para-hydroxylation sites is 1. The first-order chi connectivity index (χ1) is 6.38. The zero-order chi connectivity index (χ0) is 9.52. The lowest BCUT2D eigenvalue weighted by Crippen LogP contribution is -1.93. The van der Waals surface area contributed by atoms with E-state index in [0.717, 1.165) is 10.6 Å². The highest BCUT2D eigenvalue weighted by molar-refractivity contribution is 7.98. The second kappa shape index (κ2) is 5.35. The van der Waals surface area contributed by atoms with Gasteiger partial charge >= 0.3 is 0 Å². The Bertz CT molecular complexity index is 323. The van der Waals surface area contributed by atoms with Gasteiger partial charge in [0.2, 0.25) is 0 Å². The Morgan fingerprint density at radius 1 is 1.54 bits per heavy atom. The first kappa shape index (κ1) is 9.77. The van der Waals surface area contributed by atoms with Gasteiger partial charge in [0.1, 0.15) is 5.75 Å². The summed E-state index contributed by atoms with van der Waals surface area (Å²) in [7, 11) is 0. The number of thioether (sulfide) groups is 1. The summed E-state index contributed by atoms with van der Waals surface area (Å²) in [6, 6.07) is 7.62. The van der Waals surface area contributed by atoms with Crippen molar-refractivity contribution in [1.29, 1.82) is 0 Å². The molecule has 0 heterocycles. The molecule has 1 aromatic carbocycles. The molecule has 0 aliphatic heterocycles. The van der Waals surface area contributed by atoms with Crippen LogP contribution in [0.1, 0.15) is 0 Å². The normalized spacial score (nSPS) is 9.00. The Morgan fingerprint density at radius 2 is 2.31 bits per heavy atom. The van der Waals surface area contributed by atoms with Crippen molar-refractivity contribution in [3.8, 4) is 5.75 Å². The van der Waals surface area contributed by atoms with E-state index in [2.05, 4.69) is 10.0 Å². The van der Waals surface area contributed by atoms with Crippen molar-refractivity contribution in [2.45, 2.75) is 4.90 Å². The smallest absolute Gasteiger partial charge is 0.167 e. The van der Waals surface area contributed by atoms with Gasteiger partial charge in [-0.05, 0) is 23.9 Å². The molecule has 0 fully saturated rings. The average molecular weight is 195 g/mol. The molecule has 0 aliphatic carbocycles. The van der Waals surface area contributed by atoms with E-state index >= 15 is 0 Å². The van der Waals surface area contributed by atoms with Crippen molar-refractivity contribution in [1.82, 2.24) is 0 Å². The van der Waals surface area contributed by atoms with E-state index in [1.807, 2.05) is 30.5 Å². The van der Waals surface area contributed by atoms with Crippen molar-refractivity contribution in [2.75, 3.05) is 13.0 Å². The minimum absolute atomic E-state index is 0.0358. The van der Waals surface area contributed by atoms with Crippen molar-refractivity contribution < 1.29 is 4.74 Å². The number of rotatable bonds is 4. The van der Waals surface area contributed by atoms with Crippen LogP contribution in [-0.2, 0) is 0 Å². The van der Waals surface area contributed by atoms with Crippen molar-refractivity contribution >= 4 is 11.8 Å². The number of benzene rings is 1. The van der Waals surface area contributed by atoms with E-state index in [0.29, 0.717) is 0 Å². The minimum atomic E-state index is 0.0358. The number of nitrogens with zero attached hydrogens (tertiary/aromatic N) is 3. The summed E-state index contributed by atoms with van der Waals surface area (Å²) in [4.78, 5) is 3.64. The van der Waals surface area contributed by atoms with Crippen LogP contribution in [0.25, 0.3) is 10.4 Å². The van der Waals surface area contributed by atoms with Crippen molar-refractivity contribution in [3.63, 3.8) is 0 Å². The largest absolute Gasteiger partial charge is 0.486 e. The number of azide groups is 1. The van der Waals surface area contributed by atoms with Gasteiger partial charge in [0, 0.05) is 9.81 Å².